The number of methoxy groups -OCH3 is 2. The predicted octanol–water partition coefficient (Wildman–Crippen LogP) is 3.26. The van der Waals surface area contributed by atoms with Crippen LogP contribution in [0.1, 0.15) is 16.7 Å². The van der Waals surface area contributed by atoms with Crippen molar-refractivity contribution >= 4 is 15.7 Å². The molecule has 2 rings (SSSR count). The van der Waals surface area contributed by atoms with E-state index >= 15 is 0 Å². The Kier molecular flexibility index (Phi) is 5.15. The number of hydrogen-bond donors (Lipinski definition) is 1. The van der Waals surface area contributed by atoms with E-state index in [4.69, 9.17) is 9.47 Å². The average molecular weight is 335 g/mol. The molecule has 0 amide bonds. The van der Waals surface area contributed by atoms with Crippen LogP contribution in [0.2, 0.25) is 0 Å². The van der Waals surface area contributed by atoms with Gasteiger partial charge in [0.2, 0.25) is 10.0 Å². The summed E-state index contributed by atoms with van der Waals surface area (Å²) in [7, 11) is -0.519. The molecular formula is C17H21NO4S. The van der Waals surface area contributed by atoms with Crippen molar-refractivity contribution in [3.63, 3.8) is 0 Å². The van der Waals surface area contributed by atoms with Crippen LogP contribution >= 0.6 is 0 Å². The van der Waals surface area contributed by atoms with Crippen molar-refractivity contribution in [2.24, 2.45) is 0 Å². The Labute approximate surface area is 137 Å². The molecule has 0 saturated carbocycles. The molecule has 1 N–H and O–H groups in total. The molecule has 0 unspecified atom stereocenters. The zero-order valence-electron chi connectivity index (χ0n) is 13.7. The van der Waals surface area contributed by atoms with Crippen LogP contribution in [-0.4, -0.2) is 22.6 Å². The number of rotatable bonds is 6. The van der Waals surface area contributed by atoms with Gasteiger partial charge in [-0.25, -0.2) is 8.42 Å². The lowest BCUT2D eigenvalue weighted by Gasteiger charge is -2.15. The molecule has 0 spiro atoms. The Balaban J connectivity index is 2.29. The van der Waals surface area contributed by atoms with E-state index in [0.29, 0.717) is 17.2 Å². The summed E-state index contributed by atoms with van der Waals surface area (Å²) < 4.78 is 37.9. The highest BCUT2D eigenvalue weighted by atomic mass is 32.2. The Bertz CT molecular complexity index is 800. The summed E-state index contributed by atoms with van der Waals surface area (Å²) in [6.45, 7) is 3.80. The summed E-state index contributed by atoms with van der Waals surface area (Å²) in [6.07, 6.45) is 0. The first-order valence-corrected chi connectivity index (χ1v) is 8.78. The second-order valence-corrected chi connectivity index (χ2v) is 7.09. The molecule has 5 nitrogen and oxygen atoms in total. The molecule has 23 heavy (non-hydrogen) atoms. The summed E-state index contributed by atoms with van der Waals surface area (Å²) in [6, 6.07) is 10.8. The van der Waals surface area contributed by atoms with Gasteiger partial charge in [0.25, 0.3) is 0 Å². The fourth-order valence-corrected chi connectivity index (χ4v) is 3.54. The Morgan fingerprint density at radius 3 is 2.30 bits per heavy atom. The lowest BCUT2D eigenvalue weighted by Crippen LogP contribution is -2.16. The minimum atomic E-state index is -3.56. The zero-order valence-corrected chi connectivity index (χ0v) is 14.5. The standard InChI is InChI=1S/C17H21NO4S/c1-12-6-5-7-14(8-12)11-23(19,20)18-15-10-16(21-3)13(2)9-17(15)22-4/h5-10,18H,11H2,1-4H3. The number of anilines is 1. The molecule has 0 aromatic heterocycles. The number of benzene rings is 2. The maximum absolute atomic E-state index is 12.4. The van der Waals surface area contributed by atoms with Gasteiger partial charge in [0.05, 0.1) is 25.7 Å². The monoisotopic (exact) mass is 335 g/mol. The summed E-state index contributed by atoms with van der Waals surface area (Å²) >= 11 is 0. The molecule has 124 valence electrons. The smallest absolute Gasteiger partial charge is 0.237 e. The van der Waals surface area contributed by atoms with Crippen molar-refractivity contribution in [1.29, 1.82) is 0 Å². The Hall–Kier alpha value is -2.21. The molecular weight excluding hydrogens is 314 g/mol. The Morgan fingerprint density at radius 1 is 1.00 bits per heavy atom. The van der Waals surface area contributed by atoms with Crippen LogP contribution in [0.3, 0.4) is 0 Å². The van der Waals surface area contributed by atoms with E-state index in [1.54, 1.807) is 25.3 Å². The molecule has 0 atom stereocenters. The predicted molar refractivity (Wildman–Crippen MR) is 91.7 cm³/mol. The third-order valence-corrected chi connectivity index (χ3v) is 4.67. The summed E-state index contributed by atoms with van der Waals surface area (Å²) in [4.78, 5) is 0. The van der Waals surface area contributed by atoms with Crippen molar-refractivity contribution < 1.29 is 17.9 Å². The van der Waals surface area contributed by atoms with Crippen LogP contribution in [0.4, 0.5) is 5.69 Å². The largest absolute Gasteiger partial charge is 0.496 e. The first-order chi connectivity index (χ1) is 10.8. The van der Waals surface area contributed by atoms with E-state index < -0.39 is 10.0 Å². The van der Waals surface area contributed by atoms with Crippen molar-refractivity contribution in [2.75, 3.05) is 18.9 Å². The van der Waals surface area contributed by atoms with Gasteiger partial charge in [-0.05, 0) is 31.0 Å². The fourth-order valence-electron chi connectivity index (χ4n) is 2.36. The molecule has 2 aromatic carbocycles. The number of nitrogens with one attached hydrogen (secondary N) is 1. The highest BCUT2D eigenvalue weighted by Gasteiger charge is 2.16. The van der Waals surface area contributed by atoms with Crippen LogP contribution < -0.4 is 14.2 Å². The van der Waals surface area contributed by atoms with Crippen LogP contribution in [0, 0.1) is 13.8 Å². The highest BCUT2D eigenvalue weighted by Crippen LogP contribution is 2.33. The van der Waals surface area contributed by atoms with Crippen molar-refractivity contribution in [3.05, 3.63) is 53.1 Å². The van der Waals surface area contributed by atoms with Gasteiger partial charge >= 0.3 is 0 Å². The highest BCUT2D eigenvalue weighted by molar-refractivity contribution is 7.91. The van der Waals surface area contributed by atoms with E-state index in [9.17, 15) is 8.42 Å². The zero-order chi connectivity index (χ0) is 17.0. The topological polar surface area (TPSA) is 64.6 Å². The minimum Gasteiger partial charge on any atom is -0.496 e. The van der Waals surface area contributed by atoms with E-state index in [2.05, 4.69) is 4.72 Å². The van der Waals surface area contributed by atoms with Gasteiger partial charge in [-0.2, -0.15) is 0 Å². The van der Waals surface area contributed by atoms with Crippen LogP contribution in [-0.2, 0) is 15.8 Å². The van der Waals surface area contributed by atoms with E-state index in [1.807, 2.05) is 32.0 Å². The van der Waals surface area contributed by atoms with Gasteiger partial charge in [-0.3, -0.25) is 4.72 Å². The number of hydrogen-bond acceptors (Lipinski definition) is 4. The number of sulfonamides is 1. The maximum Gasteiger partial charge on any atom is 0.237 e. The van der Waals surface area contributed by atoms with Crippen LogP contribution in [0.25, 0.3) is 0 Å². The van der Waals surface area contributed by atoms with E-state index in [-0.39, 0.29) is 5.75 Å². The Morgan fingerprint density at radius 2 is 1.70 bits per heavy atom. The van der Waals surface area contributed by atoms with Crippen molar-refractivity contribution in [2.45, 2.75) is 19.6 Å². The molecule has 0 saturated heterocycles. The molecule has 0 aliphatic heterocycles. The second kappa shape index (κ2) is 6.91. The van der Waals surface area contributed by atoms with Gasteiger partial charge in [-0.15, -0.1) is 0 Å². The molecule has 0 heterocycles. The SMILES string of the molecule is COc1cc(NS(=O)(=O)Cc2cccc(C)c2)c(OC)cc1C. The quantitative estimate of drug-likeness (QED) is 0.880. The average Bonchev–Trinajstić information content (AvgIpc) is 2.47. The summed E-state index contributed by atoms with van der Waals surface area (Å²) in [5.41, 5.74) is 2.98. The second-order valence-electron chi connectivity index (χ2n) is 5.37. The molecule has 0 radical (unpaired) electrons. The molecule has 6 heteroatoms. The van der Waals surface area contributed by atoms with Gasteiger partial charge in [0.1, 0.15) is 11.5 Å². The van der Waals surface area contributed by atoms with Gasteiger partial charge in [0, 0.05) is 6.07 Å². The summed E-state index contributed by atoms with van der Waals surface area (Å²) in [5.74, 6) is 0.948. The molecule has 0 bridgehead atoms. The molecule has 0 aliphatic rings. The molecule has 0 fully saturated rings. The minimum absolute atomic E-state index is 0.103. The normalized spacial score (nSPS) is 11.1. The lowest BCUT2D eigenvalue weighted by molar-refractivity contribution is 0.402. The van der Waals surface area contributed by atoms with Gasteiger partial charge in [0.15, 0.2) is 0 Å². The van der Waals surface area contributed by atoms with Crippen molar-refractivity contribution in [3.8, 4) is 11.5 Å². The number of aryl methyl sites for hydroxylation is 2. The van der Waals surface area contributed by atoms with E-state index in [0.717, 1.165) is 16.7 Å². The number of ether oxygens (including phenoxy) is 2. The first-order valence-electron chi connectivity index (χ1n) is 7.13. The lowest BCUT2D eigenvalue weighted by atomic mass is 10.2. The van der Waals surface area contributed by atoms with Gasteiger partial charge < -0.3 is 9.47 Å². The molecule has 0 aliphatic carbocycles. The van der Waals surface area contributed by atoms with Crippen LogP contribution in [0.5, 0.6) is 11.5 Å². The first kappa shape index (κ1) is 17.1. The maximum atomic E-state index is 12.4. The van der Waals surface area contributed by atoms with E-state index in [1.165, 1.54) is 7.11 Å². The van der Waals surface area contributed by atoms with Gasteiger partial charge in [-0.1, -0.05) is 29.8 Å². The molecule has 2 aromatic rings. The summed E-state index contributed by atoms with van der Waals surface area (Å²) in [5, 5.41) is 0. The third kappa shape index (κ3) is 4.39. The third-order valence-electron chi connectivity index (χ3n) is 3.42. The fraction of sp³-hybridized carbons (Fsp3) is 0.294. The van der Waals surface area contributed by atoms with Crippen LogP contribution in [0.15, 0.2) is 36.4 Å². The van der Waals surface area contributed by atoms with Crippen molar-refractivity contribution in [1.82, 2.24) is 0 Å².